The van der Waals surface area contributed by atoms with Crippen LogP contribution in [0.3, 0.4) is 0 Å². The number of rotatable bonds is 0. The highest BCUT2D eigenvalue weighted by molar-refractivity contribution is 5.76. The van der Waals surface area contributed by atoms with Crippen LogP contribution in [0, 0.1) is 0 Å². The highest BCUT2D eigenvalue weighted by atomic mass is 16.2. The topological polar surface area (TPSA) is 58.2 Å². The van der Waals surface area contributed by atoms with Gasteiger partial charge in [0.05, 0.1) is 0 Å². The molecule has 1 rings (SSSR count). The molecule has 0 aliphatic carbocycles. The lowest BCUT2D eigenvalue weighted by Gasteiger charge is -2.05. The van der Waals surface area contributed by atoms with Crippen molar-refractivity contribution in [3.8, 4) is 0 Å². The molecule has 1 saturated heterocycles. The van der Waals surface area contributed by atoms with Crippen LogP contribution in [0.15, 0.2) is 0 Å². The third-order valence-corrected chi connectivity index (χ3v) is 2.56. The van der Waals surface area contributed by atoms with Crippen LogP contribution < -0.4 is 10.6 Å². The maximum Gasteiger partial charge on any atom is 0.219 e. The number of nitrogens with one attached hydrogen (secondary N) is 2. The van der Waals surface area contributed by atoms with Crippen molar-refractivity contribution in [2.75, 3.05) is 13.1 Å². The molecule has 4 heteroatoms. The van der Waals surface area contributed by atoms with Gasteiger partial charge in [0, 0.05) is 25.9 Å². The summed E-state index contributed by atoms with van der Waals surface area (Å²) in [6.45, 7) is 1.33. The maximum absolute atomic E-state index is 11.3. The smallest absolute Gasteiger partial charge is 0.219 e. The minimum Gasteiger partial charge on any atom is -0.356 e. The fourth-order valence-corrected chi connectivity index (χ4v) is 1.65. The Labute approximate surface area is 90.8 Å². The summed E-state index contributed by atoms with van der Waals surface area (Å²) < 4.78 is 0. The van der Waals surface area contributed by atoms with Crippen LogP contribution in [-0.4, -0.2) is 24.9 Å². The number of amides is 2. The molecule has 1 heterocycles. The van der Waals surface area contributed by atoms with E-state index in [2.05, 4.69) is 10.6 Å². The van der Waals surface area contributed by atoms with Gasteiger partial charge in [0.1, 0.15) is 0 Å². The Bertz CT molecular complexity index is 195. The molecule has 15 heavy (non-hydrogen) atoms. The van der Waals surface area contributed by atoms with Gasteiger partial charge in [0.2, 0.25) is 11.8 Å². The van der Waals surface area contributed by atoms with Crippen LogP contribution in [0.5, 0.6) is 0 Å². The summed E-state index contributed by atoms with van der Waals surface area (Å²) in [6.07, 6.45) is 6.03. The van der Waals surface area contributed by atoms with Crippen molar-refractivity contribution < 1.29 is 9.59 Å². The van der Waals surface area contributed by atoms with Crippen LogP contribution in [0.1, 0.15) is 44.9 Å². The van der Waals surface area contributed by atoms with Crippen molar-refractivity contribution >= 4 is 11.8 Å². The van der Waals surface area contributed by atoms with Gasteiger partial charge in [-0.15, -0.1) is 0 Å². The molecule has 0 aromatic carbocycles. The number of carbonyl (C=O) groups excluding carboxylic acids is 2. The molecule has 0 unspecified atom stereocenters. The van der Waals surface area contributed by atoms with Crippen molar-refractivity contribution in [2.24, 2.45) is 0 Å². The van der Waals surface area contributed by atoms with Crippen LogP contribution >= 0.6 is 0 Å². The Morgan fingerprint density at radius 2 is 1.13 bits per heavy atom. The lowest BCUT2D eigenvalue weighted by Crippen LogP contribution is -2.29. The first kappa shape index (κ1) is 12.0. The Morgan fingerprint density at radius 1 is 0.667 bits per heavy atom. The molecule has 0 radical (unpaired) electrons. The molecule has 0 atom stereocenters. The molecule has 0 aromatic rings. The molecular weight excluding hydrogens is 192 g/mol. The SMILES string of the molecule is O=C1CCCCCCC(=O)NCCCN1. The highest BCUT2D eigenvalue weighted by Crippen LogP contribution is 2.05. The predicted octanol–water partition coefficient (Wildman–Crippen LogP) is 0.963. The molecule has 2 N–H and O–H groups in total. The second kappa shape index (κ2) is 7.26. The average molecular weight is 212 g/mol. The van der Waals surface area contributed by atoms with Gasteiger partial charge in [-0.25, -0.2) is 0 Å². The van der Waals surface area contributed by atoms with Crippen molar-refractivity contribution in [3.63, 3.8) is 0 Å². The number of hydrogen-bond donors (Lipinski definition) is 2. The molecule has 1 aliphatic rings. The van der Waals surface area contributed by atoms with E-state index in [1.807, 2.05) is 0 Å². The first-order valence-corrected chi connectivity index (χ1v) is 5.82. The zero-order valence-corrected chi connectivity index (χ0v) is 9.18. The van der Waals surface area contributed by atoms with E-state index in [4.69, 9.17) is 0 Å². The van der Waals surface area contributed by atoms with Gasteiger partial charge in [0.25, 0.3) is 0 Å². The van der Waals surface area contributed by atoms with E-state index in [0.717, 1.165) is 32.1 Å². The summed E-state index contributed by atoms with van der Waals surface area (Å²) >= 11 is 0. The second-order valence-electron chi connectivity index (χ2n) is 3.97. The zero-order chi connectivity index (χ0) is 10.9. The second-order valence-corrected chi connectivity index (χ2v) is 3.97. The lowest BCUT2D eigenvalue weighted by molar-refractivity contribution is -0.121. The molecular formula is C11H20N2O2. The number of hydrogen-bond acceptors (Lipinski definition) is 2. The van der Waals surface area contributed by atoms with E-state index >= 15 is 0 Å². The third-order valence-electron chi connectivity index (χ3n) is 2.56. The molecule has 0 aromatic heterocycles. The largest absolute Gasteiger partial charge is 0.356 e. The summed E-state index contributed by atoms with van der Waals surface area (Å²) in [4.78, 5) is 22.5. The number of carbonyl (C=O) groups is 2. The Morgan fingerprint density at radius 3 is 1.60 bits per heavy atom. The van der Waals surface area contributed by atoms with Crippen molar-refractivity contribution in [2.45, 2.75) is 44.9 Å². The van der Waals surface area contributed by atoms with E-state index < -0.39 is 0 Å². The molecule has 2 amide bonds. The van der Waals surface area contributed by atoms with Gasteiger partial charge in [-0.05, 0) is 19.3 Å². The van der Waals surface area contributed by atoms with Gasteiger partial charge < -0.3 is 10.6 Å². The quantitative estimate of drug-likeness (QED) is 0.628. The van der Waals surface area contributed by atoms with Crippen molar-refractivity contribution in [1.29, 1.82) is 0 Å². The molecule has 0 bridgehead atoms. The summed E-state index contributed by atoms with van der Waals surface area (Å²) in [5.41, 5.74) is 0. The van der Waals surface area contributed by atoms with Crippen LogP contribution in [0.4, 0.5) is 0 Å². The Hall–Kier alpha value is -1.06. The average Bonchev–Trinajstić information content (AvgIpc) is 2.23. The fourth-order valence-electron chi connectivity index (χ4n) is 1.65. The molecule has 86 valence electrons. The summed E-state index contributed by atoms with van der Waals surface area (Å²) in [5, 5.41) is 5.69. The van der Waals surface area contributed by atoms with Gasteiger partial charge in [0.15, 0.2) is 0 Å². The van der Waals surface area contributed by atoms with E-state index in [1.165, 1.54) is 0 Å². The molecule has 0 spiro atoms. The maximum atomic E-state index is 11.3. The first-order valence-electron chi connectivity index (χ1n) is 5.82. The van der Waals surface area contributed by atoms with Crippen LogP contribution in [0.25, 0.3) is 0 Å². The first-order chi connectivity index (χ1) is 7.29. The molecule has 4 nitrogen and oxygen atoms in total. The van der Waals surface area contributed by atoms with E-state index in [-0.39, 0.29) is 11.8 Å². The van der Waals surface area contributed by atoms with Gasteiger partial charge in [-0.2, -0.15) is 0 Å². The summed E-state index contributed by atoms with van der Waals surface area (Å²) in [7, 11) is 0. The van der Waals surface area contributed by atoms with Gasteiger partial charge >= 0.3 is 0 Å². The van der Waals surface area contributed by atoms with E-state index in [1.54, 1.807) is 0 Å². The summed E-state index contributed by atoms with van der Waals surface area (Å²) in [5.74, 6) is 0.279. The Kier molecular flexibility index (Phi) is 5.81. The third kappa shape index (κ3) is 6.10. The summed E-state index contributed by atoms with van der Waals surface area (Å²) in [6, 6.07) is 0. The van der Waals surface area contributed by atoms with Crippen LogP contribution in [0.2, 0.25) is 0 Å². The lowest BCUT2D eigenvalue weighted by atomic mass is 10.1. The van der Waals surface area contributed by atoms with Crippen LogP contribution in [-0.2, 0) is 9.59 Å². The molecule has 0 saturated carbocycles. The predicted molar refractivity (Wildman–Crippen MR) is 58.3 cm³/mol. The highest BCUT2D eigenvalue weighted by Gasteiger charge is 2.04. The molecule has 1 aliphatic heterocycles. The van der Waals surface area contributed by atoms with Crippen molar-refractivity contribution in [1.82, 2.24) is 10.6 Å². The molecule has 1 fully saturated rings. The minimum absolute atomic E-state index is 0.139. The standard InChI is InChI=1S/C11H20N2O2/c14-10-6-3-1-2-4-7-11(15)13-9-5-8-12-10/h1-9H2,(H,12,14)(H,13,15). The fraction of sp³-hybridized carbons (Fsp3) is 0.818. The van der Waals surface area contributed by atoms with E-state index in [0.29, 0.717) is 25.9 Å². The zero-order valence-electron chi connectivity index (χ0n) is 9.18. The van der Waals surface area contributed by atoms with Gasteiger partial charge in [-0.3, -0.25) is 9.59 Å². The monoisotopic (exact) mass is 212 g/mol. The van der Waals surface area contributed by atoms with Crippen molar-refractivity contribution in [3.05, 3.63) is 0 Å². The minimum atomic E-state index is 0.139. The van der Waals surface area contributed by atoms with Gasteiger partial charge in [-0.1, -0.05) is 12.8 Å². The normalized spacial score (nSPS) is 21.6. The Balaban J connectivity index is 2.26. The van der Waals surface area contributed by atoms with E-state index in [9.17, 15) is 9.59 Å².